The number of hydrogen-bond acceptors (Lipinski definition) is 4. The summed E-state index contributed by atoms with van der Waals surface area (Å²) in [6.45, 7) is -1.34. The molecule has 1 N–H and O–H groups in total. The fourth-order valence-corrected chi connectivity index (χ4v) is 1.31. The van der Waals surface area contributed by atoms with Crippen LogP contribution in [0.1, 0.15) is 11.3 Å². The Bertz CT molecular complexity index is 523. The largest absolute Gasteiger partial charge is 0.573 e. The van der Waals surface area contributed by atoms with Gasteiger partial charge in [-0.05, 0) is 0 Å². The van der Waals surface area contributed by atoms with Crippen molar-refractivity contribution in [3.8, 4) is 5.75 Å². The van der Waals surface area contributed by atoms with Crippen LogP contribution in [0.25, 0.3) is 0 Å². The van der Waals surface area contributed by atoms with Gasteiger partial charge >= 0.3 is 12.3 Å². The van der Waals surface area contributed by atoms with Gasteiger partial charge in [-0.15, -0.1) is 13.2 Å². The van der Waals surface area contributed by atoms with Crippen molar-refractivity contribution < 1.29 is 31.8 Å². The van der Waals surface area contributed by atoms with E-state index in [1.54, 1.807) is 0 Å². The molecule has 9 heteroatoms. The van der Waals surface area contributed by atoms with E-state index in [2.05, 4.69) is 14.5 Å². The second kappa shape index (κ2) is 5.72. The van der Waals surface area contributed by atoms with E-state index in [4.69, 9.17) is 0 Å². The second-order valence-electron chi connectivity index (χ2n) is 3.37. The van der Waals surface area contributed by atoms with Crippen LogP contribution < -0.4 is 10.2 Å². The molecule has 0 aromatic carbocycles. The Morgan fingerprint density at radius 3 is 2.53 bits per heavy atom. The maximum Gasteiger partial charge on any atom is 0.573 e. The minimum atomic E-state index is -5.07. The van der Waals surface area contributed by atoms with Gasteiger partial charge in [0.1, 0.15) is 6.67 Å². The van der Waals surface area contributed by atoms with Crippen molar-refractivity contribution in [1.82, 2.24) is 4.98 Å². The number of aromatic nitrogens is 1. The minimum Gasteiger partial charge on any atom is -0.469 e. The lowest BCUT2D eigenvalue weighted by Gasteiger charge is -2.11. The molecule has 5 nitrogen and oxygen atoms in total. The van der Waals surface area contributed by atoms with Crippen molar-refractivity contribution in [2.75, 3.05) is 7.11 Å². The highest BCUT2D eigenvalue weighted by Crippen LogP contribution is 2.20. The predicted octanol–water partition coefficient (Wildman–Crippen LogP) is 1.46. The molecular formula is C10H9F4NO4. The molecule has 19 heavy (non-hydrogen) atoms. The molecule has 0 atom stereocenters. The number of pyridine rings is 1. The summed E-state index contributed by atoms with van der Waals surface area (Å²) in [6.07, 6.45) is -4.91. The van der Waals surface area contributed by atoms with Crippen molar-refractivity contribution in [3.63, 3.8) is 0 Å². The van der Waals surface area contributed by atoms with Crippen LogP contribution >= 0.6 is 0 Å². The summed E-state index contributed by atoms with van der Waals surface area (Å²) in [5.41, 5.74) is -2.03. The van der Waals surface area contributed by atoms with E-state index in [0.29, 0.717) is 6.20 Å². The van der Waals surface area contributed by atoms with Gasteiger partial charge in [-0.25, -0.2) is 4.39 Å². The predicted molar refractivity (Wildman–Crippen MR) is 54.3 cm³/mol. The summed E-state index contributed by atoms with van der Waals surface area (Å²) in [4.78, 5) is 24.7. The SMILES string of the molecule is COC(=O)Cc1[nH]cc(OC(F)(F)F)c(=O)c1CF. The average Bonchev–Trinajstić information content (AvgIpc) is 2.31. The lowest BCUT2D eigenvalue weighted by Crippen LogP contribution is -2.25. The third-order valence-corrected chi connectivity index (χ3v) is 2.15. The monoisotopic (exact) mass is 283 g/mol. The maximum atomic E-state index is 12.7. The molecule has 0 spiro atoms. The molecule has 0 unspecified atom stereocenters. The first kappa shape index (κ1) is 15.0. The summed E-state index contributed by atoms with van der Waals surface area (Å²) < 4.78 is 56.4. The molecule has 1 aromatic rings. The van der Waals surface area contributed by atoms with Crippen molar-refractivity contribution >= 4 is 5.97 Å². The number of ether oxygens (including phenoxy) is 2. The standard InChI is InChI=1S/C10H9F4NO4/c1-18-8(16)2-6-5(3-11)9(17)7(4-15-6)19-10(12,13)14/h4H,2-3H2,1H3,(H,15,17). The zero-order valence-corrected chi connectivity index (χ0v) is 9.64. The molecule has 106 valence electrons. The number of esters is 1. The van der Waals surface area contributed by atoms with Crippen molar-refractivity contribution in [2.24, 2.45) is 0 Å². The fourth-order valence-electron chi connectivity index (χ4n) is 1.31. The van der Waals surface area contributed by atoms with E-state index in [1.807, 2.05) is 0 Å². The highest BCUT2D eigenvalue weighted by Gasteiger charge is 2.33. The molecular weight excluding hydrogens is 274 g/mol. The third-order valence-electron chi connectivity index (χ3n) is 2.15. The first-order chi connectivity index (χ1) is 8.78. The van der Waals surface area contributed by atoms with Crippen LogP contribution in [0, 0.1) is 0 Å². The molecule has 0 aliphatic rings. The van der Waals surface area contributed by atoms with Crippen LogP contribution in [0.15, 0.2) is 11.0 Å². The third kappa shape index (κ3) is 3.97. The van der Waals surface area contributed by atoms with Crippen LogP contribution in [-0.2, 0) is 22.6 Å². The molecule has 0 saturated heterocycles. The van der Waals surface area contributed by atoms with Gasteiger partial charge in [0.15, 0.2) is 5.75 Å². The number of alkyl halides is 4. The maximum absolute atomic E-state index is 12.7. The summed E-state index contributed by atoms with van der Waals surface area (Å²) >= 11 is 0. The molecule has 0 radical (unpaired) electrons. The van der Waals surface area contributed by atoms with Gasteiger partial charge in [0, 0.05) is 11.9 Å². The van der Waals surface area contributed by atoms with E-state index in [-0.39, 0.29) is 5.69 Å². The zero-order chi connectivity index (χ0) is 14.6. The van der Waals surface area contributed by atoms with Crippen molar-refractivity contribution in [1.29, 1.82) is 0 Å². The lowest BCUT2D eigenvalue weighted by atomic mass is 10.1. The average molecular weight is 283 g/mol. The number of rotatable bonds is 4. The van der Waals surface area contributed by atoms with Crippen LogP contribution in [0.5, 0.6) is 5.75 Å². The molecule has 1 rings (SSSR count). The smallest absolute Gasteiger partial charge is 0.469 e. The Kier molecular flexibility index (Phi) is 4.52. The summed E-state index contributed by atoms with van der Waals surface area (Å²) in [5.74, 6) is -1.86. The highest BCUT2D eigenvalue weighted by atomic mass is 19.4. The van der Waals surface area contributed by atoms with Gasteiger partial charge < -0.3 is 14.5 Å². The van der Waals surface area contributed by atoms with Gasteiger partial charge in [-0.3, -0.25) is 9.59 Å². The number of H-pyrrole nitrogens is 1. The Morgan fingerprint density at radius 1 is 1.42 bits per heavy atom. The number of aromatic amines is 1. The van der Waals surface area contributed by atoms with E-state index in [1.165, 1.54) is 0 Å². The Labute approximate surface area is 104 Å². The number of halogens is 4. The molecule has 1 aromatic heterocycles. The van der Waals surface area contributed by atoms with Gasteiger partial charge in [0.2, 0.25) is 5.43 Å². The number of hydrogen-bond donors (Lipinski definition) is 1. The van der Waals surface area contributed by atoms with E-state index >= 15 is 0 Å². The molecule has 1 heterocycles. The fraction of sp³-hybridized carbons (Fsp3) is 0.400. The van der Waals surface area contributed by atoms with Crippen LogP contribution in [0.2, 0.25) is 0 Å². The van der Waals surface area contributed by atoms with Gasteiger partial charge in [-0.1, -0.05) is 0 Å². The quantitative estimate of drug-likeness (QED) is 0.671. The van der Waals surface area contributed by atoms with Crippen molar-refractivity contribution in [2.45, 2.75) is 19.5 Å². The van der Waals surface area contributed by atoms with E-state index in [0.717, 1.165) is 7.11 Å². The van der Waals surface area contributed by atoms with Gasteiger partial charge in [0.25, 0.3) is 0 Å². The van der Waals surface area contributed by atoms with Crippen LogP contribution in [0.3, 0.4) is 0 Å². The molecule has 0 aliphatic carbocycles. The zero-order valence-electron chi connectivity index (χ0n) is 9.64. The number of carbonyl (C=O) groups excluding carboxylic acids is 1. The molecule has 0 bridgehead atoms. The van der Waals surface area contributed by atoms with E-state index in [9.17, 15) is 27.2 Å². The Hall–Kier alpha value is -2.06. The van der Waals surface area contributed by atoms with Gasteiger partial charge in [-0.2, -0.15) is 0 Å². The van der Waals surface area contributed by atoms with E-state index < -0.39 is 42.2 Å². The lowest BCUT2D eigenvalue weighted by molar-refractivity contribution is -0.275. The number of methoxy groups -OCH3 is 1. The van der Waals surface area contributed by atoms with Gasteiger partial charge in [0.05, 0.1) is 19.1 Å². The normalized spacial score (nSPS) is 11.2. The molecule has 0 amide bonds. The topological polar surface area (TPSA) is 68.4 Å². The molecule has 0 saturated carbocycles. The first-order valence-corrected chi connectivity index (χ1v) is 4.90. The first-order valence-electron chi connectivity index (χ1n) is 4.90. The van der Waals surface area contributed by atoms with Crippen LogP contribution in [-0.4, -0.2) is 24.4 Å². The summed E-state index contributed by atoms with van der Waals surface area (Å²) in [5, 5.41) is 0. The Balaban J connectivity index is 3.16. The van der Waals surface area contributed by atoms with Crippen LogP contribution in [0.4, 0.5) is 17.6 Å². The van der Waals surface area contributed by atoms with Crippen molar-refractivity contribution in [3.05, 3.63) is 27.7 Å². The number of nitrogens with one attached hydrogen (secondary N) is 1. The number of carbonyl (C=O) groups is 1. The highest BCUT2D eigenvalue weighted by molar-refractivity contribution is 5.72. The second-order valence-corrected chi connectivity index (χ2v) is 3.37. The Morgan fingerprint density at radius 2 is 2.05 bits per heavy atom. The minimum absolute atomic E-state index is 0.158. The summed E-state index contributed by atoms with van der Waals surface area (Å²) in [7, 11) is 1.08. The molecule has 0 fully saturated rings. The molecule has 0 aliphatic heterocycles. The summed E-state index contributed by atoms with van der Waals surface area (Å²) in [6, 6.07) is 0.